The van der Waals surface area contributed by atoms with Crippen molar-refractivity contribution in [3.05, 3.63) is 54.6 Å². The van der Waals surface area contributed by atoms with Gasteiger partial charge in [0.2, 0.25) is 0 Å². The van der Waals surface area contributed by atoms with Gasteiger partial charge < -0.3 is 30.2 Å². The summed E-state index contributed by atoms with van der Waals surface area (Å²) in [5.74, 6) is 0.710. The quantitative estimate of drug-likeness (QED) is 0.402. The molecule has 1 atom stereocenters. The molecule has 3 heterocycles. The van der Waals surface area contributed by atoms with E-state index in [9.17, 15) is 4.79 Å². The lowest BCUT2D eigenvalue weighted by atomic mass is 10.1. The number of aromatic nitrogens is 3. The second-order valence-electron chi connectivity index (χ2n) is 8.01. The van der Waals surface area contributed by atoms with Crippen LogP contribution in [0.3, 0.4) is 0 Å². The summed E-state index contributed by atoms with van der Waals surface area (Å²) >= 11 is 0. The summed E-state index contributed by atoms with van der Waals surface area (Å²) in [6, 6.07) is 9.33. The maximum atomic E-state index is 13.3. The van der Waals surface area contributed by atoms with Crippen LogP contribution in [-0.4, -0.2) is 74.8 Å². The molecule has 1 aliphatic rings. The molecular weight excluding hydrogens is 445 g/mol. The molecule has 180 valence electrons. The zero-order chi connectivity index (χ0) is 24.6. The van der Waals surface area contributed by atoms with Gasteiger partial charge >= 0.3 is 0 Å². The maximum Gasteiger partial charge on any atom is 0.278 e. The molecule has 1 unspecified atom stereocenters. The number of ether oxygens (including phenoxy) is 2. The van der Waals surface area contributed by atoms with E-state index in [2.05, 4.69) is 35.7 Å². The molecule has 0 saturated carbocycles. The highest BCUT2D eigenvalue weighted by Crippen LogP contribution is 2.27. The van der Waals surface area contributed by atoms with Gasteiger partial charge in [0.15, 0.2) is 19.5 Å². The molecule has 1 fully saturated rings. The average Bonchev–Trinajstić information content (AvgIpc) is 2.89. The molecule has 1 aliphatic heterocycles. The Balaban J connectivity index is 1.55. The van der Waals surface area contributed by atoms with Crippen molar-refractivity contribution in [1.82, 2.24) is 20.2 Å². The number of hydrogen-bond donors (Lipinski definition) is 3. The van der Waals surface area contributed by atoms with Gasteiger partial charge in [-0.15, -0.1) is 0 Å². The molecule has 0 bridgehead atoms. The van der Waals surface area contributed by atoms with Crippen LogP contribution in [0.5, 0.6) is 5.75 Å². The van der Waals surface area contributed by atoms with Gasteiger partial charge in [-0.1, -0.05) is 0 Å². The van der Waals surface area contributed by atoms with E-state index in [4.69, 9.17) is 17.5 Å². The van der Waals surface area contributed by atoms with E-state index in [0.717, 1.165) is 24.3 Å². The molecule has 11 heteroatoms. The van der Waals surface area contributed by atoms with Gasteiger partial charge in [-0.3, -0.25) is 9.78 Å². The highest BCUT2D eigenvalue weighted by atomic mass is 16.5. The van der Waals surface area contributed by atoms with Crippen molar-refractivity contribution in [2.24, 2.45) is 0 Å². The highest BCUT2D eigenvalue weighted by Gasteiger charge is 2.20. The van der Waals surface area contributed by atoms with Gasteiger partial charge in [-0.2, -0.15) is 0 Å². The fourth-order valence-corrected chi connectivity index (χ4v) is 3.76. The Labute approximate surface area is 205 Å². The van der Waals surface area contributed by atoms with Crippen LogP contribution >= 0.6 is 0 Å². The third kappa shape index (κ3) is 6.06. The number of nitrogens with one attached hydrogen (secondary N) is 3. The van der Waals surface area contributed by atoms with Crippen molar-refractivity contribution in [1.29, 1.82) is 0 Å². The largest absolute Gasteiger partial charge is 0.489 e. The lowest BCUT2D eigenvalue weighted by Gasteiger charge is -2.30. The summed E-state index contributed by atoms with van der Waals surface area (Å²) in [5.41, 5.74) is 3.06. The third-order valence-corrected chi connectivity index (χ3v) is 5.52. The second-order valence-corrected chi connectivity index (χ2v) is 8.01. The van der Waals surface area contributed by atoms with E-state index in [0.29, 0.717) is 42.7 Å². The Morgan fingerprint density at radius 3 is 2.69 bits per heavy atom. The second kappa shape index (κ2) is 11.6. The summed E-state index contributed by atoms with van der Waals surface area (Å²) in [4.78, 5) is 28.7. The number of pyridine rings is 1. The van der Waals surface area contributed by atoms with Crippen molar-refractivity contribution < 1.29 is 14.3 Å². The molecule has 1 saturated heterocycles. The van der Waals surface area contributed by atoms with Crippen LogP contribution in [0.15, 0.2) is 48.9 Å². The topological polar surface area (TPSA) is 114 Å². The van der Waals surface area contributed by atoms with Crippen LogP contribution in [0.2, 0.25) is 0 Å². The standard InChI is InChI=1S/C24H28BN7O3/c1-16(13-29-25)35-18-5-3-17(4-6-18)19-15-28-23(26-2)22(30-19)24(33)31-20-14-27-8-7-21(20)32-9-11-34-12-10-32/h3-8,14-16,29H,9-13H2,1-2H3,(H,26,28)(H,31,33). The molecule has 35 heavy (non-hydrogen) atoms. The first kappa shape index (κ1) is 24.4. The SMILES string of the molecule is [B]NCC(C)Oc1ccc(-c2cnc(NC)c(C(=O)Nc3cnccc3N3CCOCC3)n2)cc1. The Morgan fingerprint density at radius 1 is 1.20 bits per heavy atom. The van der Waals surface area contributed by atoms with Crippen molar-refractivity contribution in [3.63, 3.8) is 0 Å². The fourth-order valence-electron chi connectivity index (χ4n) is 3.76. The van der Waals surface area contributed by atoms with Crippen LogP contribution in [-0.2, 0) is 4.74 Å². The van der Waals surface area contributed by atoms with Crippen molar-refractivity contribution >= 4 is 31.1 Å². The molecular formula is C24H28BN7O3. The molecule has 10 nitrogen and oxygen atoms in total. The van der Waals surface area contributed by atoms with Crippen LogP contribution in [0.25, 0.3) is 11.3 Å². The van der Waals surface area contributed by atoms with Crippen molar-refractivity contribution in [2.75, 3.05) is 55.4 Å². The Hall–Kier alpha value is -3.70. The van der Waals surface area contributed by atoms with Gasteiger partial charge in [0.05, 0.1) is 42.7 Å². The van der Waals surface area contributed by atoms with E-state index in [-0.39, 0.29) is 17.7 Å². The number of benzene rings is 1. The normalized spacial score (nSPS) is 14.3. The molecule has 3 N–H and O–H groups in total. The van der Waals surface area contributed by atoms with Crippen LogP contribution in [0, 0.1) is 0 Å². The number of carbonyl (C=O) groups is 1. The fraction of sp³-hybridized carbons (Fsp3) is 0.333. The average molecular weight is 473 g/mol. The van der Waals surface area contributed by atoms with Crippen LogP contribution in [0.4, 0.5) is 17.2 Å². The number of amides is 1. The first-order valence-electron chi connectivity index (χ1n) is 11.4. The molecule has 2 aromatic heterocycles. The summed E-state index contributed by atoms with van der Waals surface area (Å²) in [7, 11) is 7.05. The number of nitrogens with zero attached hydrogens (tertiary/aromatic N) is 4. The summed E-state index contributed by atoms with van der Waals surface area (Å²) in [5, 5.41) is 8.50. The Bertz CT molecular complexity index is 1140. The zero-order valence-electron chi connectivity index (χ0n) is 19.8. The van der Waals surface area contributed by atoms with Crippen LogP contribution in [0.1, 0.15) is 17.4 Å². The van der Waals surface area contributed by atoms with Gasteiger partial charge in [-0.25, -0.2) is 9.97 Å². The first-order valence-corrected chi connectivity index (χ1v) is 11.4. The number of hydrogen-bond acceptors (Lipinski definition) is 9. The van der Waals surface area contributed by atoms with Crippen LogP contribution < -0.4 is 25.5 Å². The molecule has 2 radical (unpaired) electrons. The minimum absolute atomic E-state index is 0.0781. The third-order valence-electron chi connectivity index (χ3n) is 5.52. The summed E-state index contributed by atoms with van der Waals surface area (Å²) in [6.45, 7) is 5.21. The van der Waals surface area contributed by atoms with Gasteiger partial charge in [-0.05, 0) is 37.3 Å². The van der Waals surface area contributed by atoms with Gasteiger partial charge in [0.1, 0.15) is 11.9 Å². The predicted molar refractivity (Wildman–Crippen MR) is 136 cm³/mol. The monoisotopic (exact) mass is 473 g/mol. The van der Waals surface area contributed by atoms with E-state index in [1.54, 1.807) is 25.6 Å². The minimum atomic E-state index is -0.380. The van der Waals surface area contributed by atoms with E-state index in [1.807, 2.05) is 37.3 Å². The Morgan fingerprint density at radius 2 is 1.97 bits per heavy atom. The smallest absolute Gasteiger partial charge is 0.278 e. The molecule has 1 amide bonds. The number of rotatable bonds is 9. The van der Waals surface area contributed by atoms with Crippen molar-refractivity contribution in [3.8, 4) is 17.0 Å². The number of carbonyl (C=O) groups excluding carboxylic acids is 1. The zero-order valence-corrected chi connectivity index (χ0v) is 19.8. The molecule has 0 spiro atoms. The van der Waals surface area contributed by atoms with E-state index in [1.165, 1.54) is 0 Å². The molecule has 3 aromatic rings. The maximum absolute atomic E-state index is 13.3. The molecule has 4 rings (SSSR count). The summed E-state index contributed by atoms with van der Waals surface area (Å²) < 4.78 is 11.2. The molecule has 1 aromatic carbocycles. The predicted octanol–water partition coefficient (Wildman–Crippen LogP) is 2.11. The number of morpholine rings is 1. The first-order chi connectivity index (χ1) is 17.1. The van der Waals surface area contributed by atoms with E-state index < -0.39 is 0 Å². The number of anilines is 3. The van der Waals surface area contributed by atoms with Gasteiger partial charge in [0, 0.05) is 38.4 Å². The highest BCUT2D eigenvalue weighted by molar-refractivity contribution is 6.07. The van der Waals surface area contributed by atoms with E-state index >= 15 is 0 Å². The summed E-state index contributed by atoms with van der Waals surface area (Å²) in [6.07, 6.45) is 4.90. The Kier molecular flexibility index (Phi) is 8.12. The molecule has 0 aliphatic carbocycles. The lowest BCUT2D eigenvalue weighted by Crippen LogP contribution is -2.36. The van der Waals surface area contributed by atoms with Crippen molar-refractivity contribution in [2.45, 2.75) is 13.0 Å². The minimum Gasteiger partial charge on any atom is -0.489 e. The lowest BCUT2D eigenvalue weighted by molar-refractivity contribution is 0.102. The van der Waals surface area contributed by atoms with Gasteiger partial charge in [0.25, 0.3) is 5.91 Å².